The molecule has 0 aliphatic carbocycles. The molecule has 0 aliphatic rings. The molecule has 1 N–H and O–H groups in total. The van der Waals surface area contributed by atoms with Crippen LogP contribution in [-0.4, -0.2) is 17.5 Å². The summed E-state index contributed by atoms with van der Waals surface area (Å²) in [5.41, 5.74) is 0. The largest absolute Gasteiger partial charge is 0.389 e. The molecule has 0 heterocycles. The summed E-state index contributed by atoms with van der Waals surface area (Å²) in [6.45, 7) is 1.86. The van der Waals surface area contributed by atoms with Crippen molar-refractivity contribution in [2.45, 2.75) is 19.4 Å². The first kappa shape index (κ1) is 10.8. The maximum Gasteiger partial charge on any atom is 0.142 e. The molecule has 0 saturated heterocycles. The average molecular weight is 166 g/mol. The van der Waals surface area contributed by atoms with Crippen LogP contribution < -0.4 is 0 Å². The fourth-order valence-corrected chi connectivity index (χ4v) is 0.707. The van der Waals surface area contributed by atoms with E-state index in [1.807, 2.05) is 13.0 Å². The lowest BCUT2D eigenvalue weighted by Gasteiger charge is -1.97. The number of aldehydes is 1. The fourth-order valence-electron chi connectivity index (χ4n) is 0.707. The van der Waals surface area contributed by atoms with Crippen molar-refractivity contribution < 1.29 is 9.90 Å². The van der Waals surface area contributed by atoms with Gasteiger partial charge in [-0.3, -0.25) is 4.79 Å². The maximum absolute atomic E-state index is 9.82. The van der Waals surface area contributed by atoms with Crippen LogP contribution in [-0.2, 0) is 4.79 Å². The summed E-state index contributed by atoms with van der Waals surface area (Å²) in [5, 5.41) is 9.17. The first-order valence-corrected chi connectivity index (χ1v) is 3.89. The van der Waals surface area contributed by atoms with E-state index in [0.717, 1.165) is 0 Å². The Morgan fingerprint density at radius 1 is 1.33 bits per heavy atom. The van der Waals surface area contributed by atoms with Crippen molar-refractivity contribution >= 4 is 6.29 Å². The predicted octanol–water partition coefficient (Wildman–Crippen LogP) is 1.62. The molecule has 0 radical (unpaired) electrons. The van der Waals surface area contributed by atoms with Gasteiger partial charge < -0.3 is 5.11 Å². The number of aliphatic hydroxyl groups is 1. The molecular weight excluding hydrogens is 152 g/mol. The van der Waals surface area contributed by atoms with E-state index >= 15 is 0 Å². The third-order valence-corrected chi connectivity index (χ3v) is 1.23. The van der Waals surface area contributed by atoms with Crippen LogP contribution in [0.15, 0.2) is 36.5 Å². The van der Waals surface area contributed by atoms with Gasteiger partial charge in [0.05, 0.1) is 6.10 Å². The first-order valence-electron chi connectivity index (χ1n) is 3.89. The molecule has 12 heavy (non-hydrogen) atoms. The van der Waals surface area contributed by atoms with E-state index in [-0.39, 0.29) is 0 Å². The van der Waals surface area contributed by atoms with Gasteiger partial charge in [-0.2, -0.15) is 0 Å². The second-order valence-electron chi connectivity index (χ2n) is 2.28. The topological polar surface area (TPSA) is 37.3 Å². The minimum absolute atomic E-state index is 0.420. The van der Waals surface area contributed by atoms with Crippen molar-refractivity contribution in [3.63, 3.8) is 0 Å². The van der Waals surface area contributed by atoms with E-state index in [0.29, 0.717) is 12.7 Å². The standard InChI is InChI=1S/C10H14O2/c1-2-7-10(12)8-5-3-4-6-9-11/h2-7,9-10,12H,8H2,1H3/b5-3-,6-4+,7-2+. The van der Waals surface area contributed by atoms with Gasteiger partial charge in [0.1, 0.15) is 6.29 Å². The Labute approximate surface area is 72.9 Å². The summed E-state index contributed by atoms with van der Waals surface area (Å²) in [6.07, 6.45) is 11.0. The smallest absolute Gasteiger partial charge is 0.142 e. The molecule has 0 aliphatic heterocycles. The van der Waals surface area contributed by atoms with Crippen LogP contribution in [0.5, 0.6) is 0 Å². The molecule has 2 heteroatoms. The van der Waals surface area contributed by atoms with Crippen LogP contribution in [0.1, 0.15) is 13.3 Å². The van der Waals surface area contributed by atoms with E-state index in [9.17, 15) is 9.90 Å². The Bertz CT molecular complexity index is 190. The molecule has 1 unspecified atom stereocenters. The molecule has 0 bridgehead atoms. The van der Waals surface area contributed by atoms with Crippen LogP contribution in [0.2, 0.25) is 0 Å². The summed E-state index contributed by atoms with van der Waals surface area (Å²) >= 11 is 0. The van der Waals surface area contributed by atoms with Gasteiger partial charge in [0, 0.05) is 0 Å². The van der Waals surface area contributed by atoms with Gasteiger partial charge in [-0.25, -0.2) is 0 Å². The highest BCUT2D eigenvalue weighted by Gasteiger charge is 1.91. The maximum atomic E-state index is 9.82. The lowest BCUT2D eigenvalue weighted by molar-refractivity contribution is -0.104. The van der Waals surface area contributed by atoms with E-state index in [1.54, 1.807) is 24.3 Å². The van der Waals surface area contributed by atoms with Crippen LogP contribution >= 0.6 is 0 Å². The Hall–Kier alpha value is -1.15. The van der Waals surface area contributed by atoms with Crippen LogP contribution in [0.4, 0.5) is 0 Å². The third kappa shape index (κ3) is 6.96. The van der Waals surface area contributed by atoms with E-state index < -0.39 is 6.10 Å². The van der Waals surface area contributed by atoms with Gasteiger partial charge >= 0.3 is 0 Å². The highest BCUT2D eigenvalue weighted by Crippen LogP contribution is 1.94. The SMILES string of the molecule is C/C=C/C(O)C/C=C\C=C\C=O. The molecule has 0 spiro atoms. The molecule has 0 aromatic rings. The molecule has 0 aromatic carbocycles. The zero-order valence-electron chi connectivity index (χ0n) is 7.18. The quantitative estimate of drug-likeness (QED) is 0.292. The van der Waals surface area contributed by atoms with Crippen LogP contribution in [0.3, 0.4) is 0 Å². The molecule has 2 nitrogen and oxygen atoms in total. The number of allylic oxidation sites excluding steroid dienone is 4. The van der Waals surface area contributed by atoms with Gasteiger partial charge in [-0.1, -0.05) is 30.4 Å². The zero-order chi connectivity index (χ0) is 9.23. The van der Waals surface area contributed by atoms with Crippen molar-refractivity contribution in [2.24, 2.45) is 0 Å². The number of carbonyl (C=O) groups excluding carboxylic acids is 1. The summed E-state index contributed by atoms with van der Waals surface area (Å²) in [7, 11) is 0. The molecule has 0 rings (SSSR count). The van der Waals surface area contributed by atoms with Gasteiger partial charge in [-0.15, -0.1) is 0 Å². The summed E-state index contributed by atoms with van der Waals surface area (Å²) in [5.74, 6) is 0. The first-order chi connectivity index (χ1) is 5.81. The molecule has 0 saturated carbocycles. The van der Waals surface area contributed by atoms with E-state index in [1.165, 1.54) is 6.08 Å². The summed E-state index contributed by atoms with van der Waals surface area (Å²) in [6, 6.07) is 0. The van der Waals surface area contributed by atoms with Crippen LogP contribution in [0, 0.1) is 0 Å². The number of hydrogen-bond donors (Lipinski definition) is 1. The van der Waals surface area contributed by atoms with Gasteiger partial charge in [-0.05, 0) is 19.4 Å². The van der Waals surface area contributed by atoms with Gasteiger partial charge in [0.2, 0.25) is 0 Å². The number of hydrogen-bond acceptors (Lipinski definition) is 2. The van der Waals surface area contributed by atoms with E-state index in [4.69, 9.17) is 0 Å². The van der Waals surface area contributed by atoms with Gasteiger partial charge in [0.15, 0.2) is 0 Å². The Morgan fingerprint density at radius 2 is 2.08 bits per heavy atom. The zero-order valence-corrected chi connectivity index (χ0v) is 7.18. The molecular formula is C10H14O2. The van der Waals surface area contributed by atoms with Crippen molar-refractivity contribution in [2.75, 3.05) is 0 Å². The Morgan fingerprint density at radius 3 is 2.67 bits per heavy atom. The molecule has 0 amide bonds. The predicted molar refractivity (Wildman–Crippen MR) is 49.8 cm³/mol. The monoisotopic (exact) mass is 166 g/mol. The molecule has 66 valence electrons. The Kier molecular flexibility index (Phi) is 7.19. The third-order valence-electron chi connectivity index (χ3n) is 1.23. The minimum atomic E-state index is -0.420. The summed E-state index contributed by atoms with van der Waals surface area (Å²) in [4.78, 5) is 9.82. The number of carbonyl (C=O) groups is 1. The van der Waals surface area contributed by atoms with Crippen molar-refractivity contribution in [1.29, 1.82) is 0 Å². The Balaban J connectivity index is 3.59. The lowest BCUT2D eigenvalue weighted by Crippen LogP contribution is -1.98. The van der Waals surface area contributed by atoms with Gasteiger partial charge in [0.25, 0.3) is 0 Å². The second-order valence-corrected chi connectivity index (χ2v) is 2.28. The normalized spacial score (nSPS) is 14.8. The molecule has 1 atom stereocenters. The average Bonchev–Trinajstić information content (AvgIpc) is 2.05. The minimum Gasteiger partial charge on any atom is -0.389 e. The number of rotatable bonds is 5. The highest BCUT2D eigenvalue weighted by atomic mass is 16.3. The number of aliphatic hydroxyl groups excluding tert-OH is 1. The summed E-state index contributed by atoms with van der Waals surface area (Å²) < 4.78 is 0. The van der Waals surface area contributed by atoms with E-state index in [2.05, 4.69) is 0 Å². The highest BCUT2D eigenvalue weighted by molar-refractivity contribution is 5.65. The second kappa shape index (κ2) is 7.95. The van der Waals surface area contributed by atoms with Crippen molar-refractivity contribution in [3.8, 4) is 0 Å². The van der Waals surface area contributed by atoms with Crippen LogP contribution in [0.25, 0.3) is 0 Å². The van der Waals surface area contributed by atoms with Crippen molar-refractivity contribution in [1.82, 2.24) is 0 Å². The fraction of sp³-hybridized carbons (Fsp3) is 0.300. The lowest BCUT2D eigenvalue weighted by atomic mass is 10.2. The van der Waals surface area contributed by atoms with Crippen molar-refractivity contribution in [3.05, 3.63) is 36.5 Å². The molecule has 0 aromatic heterocycles. The molecule has 0 fully saturated rings.